The Kier molecular flexibility index (Phi) is 8.64. The van der Waals surface area contributed by atoms with Gasteiger partial charge in [-0.3, -0.25) is 0 Å². The zero-order chi connectivity index (χ0) is 39.4. The van der Waals surface area contributed by atoms with Gasteiger partial charge in [-0.15, -0.1) is 0 Å². The highest BCUT2D eigenvalue weighted by Gasteiger charge is 2.37. The lowest BCUT2D eigenvalue weighted by Gasteiger charge is -2.42. The van der Waals surface area contributed by atoms with Crippen LogP contribution in [0.15, 0.2) is 176 Å². The first-order valence-electron chi connectivity index (χ1n) is 20.4. The summed E-state index contributed by atoms with van der Waals surface area (Å²) in [4.78, 5) is 15.9. The zero-order valence-corrected chi connectivity index (χ0v) is 33.5. The molecule has 0 N–H and O–H groups in total. The third kappa shape index (κ3) is 6.37. The molecule has 1 aromatic heterocycles. The summed E-state index contributed by atoms with van der Waals surface area (Å²) in [6.07, 6.45) is 2.38. The molecule has 1 heterocycles. The Balaban J connectivity index is 1.15. The lowest BCUT2D eigenvalue weighted by atomic mass is 9.63. The SMILES string of the molecule is CC1(C)CCC(C)(C)c2cc(-c3ccc(-c4nc(-c5ccc6cc(-c7ccccc7)ccc6c5)nc(-c5ccccc5-c5ccccc5)n4)c4ccccc34)ccc21. The summed E-state index contributed by atoms with van der Waals surface area (Å²) in [5.74, 6) is 1.94. The molecule has 0 atom stereocenters. The Morgan fingerprint density at radius 2 is 0.828 bits per heavy atom. The van der Waals surface area contributed by atoms with E-state index in [0.29, 0.717) is 17.5 Å². The molecule has 1 aliphatic carbocycles. The van der Waals surface area contributed by atoms with Crippen molar-refractivity contribution in [2.24, 2.45) is 0 Å². The number of fused-ring (bicyclic) bond motifs is 3. The third-order valence-corrected chi connectivity index (χ3v) is 12.4. The summed E-state index contributed by atoms with van der Waals surface area (Å²) < 4.78 is 0. The summed E-state index contributed by atoms with van der Waals surface area (Å²) in [5, 5.41) is 4.60. The van der Waals surface area contributed by atoms with Crippen LogP contribution in [0.4, 0.5) is 0 Å². The number of nitrogens with zero attached hydrogens (tertiary/aromatic N) is 3. The standard InChI is InChI=1S/C55H45N3/c1-54(2)31-32-55(3,4)50-35-41(27-30-49(50)54)44-28-29-48(46-21-13-12-20-45(44)46)53-57-51(56-52(58-53)47-22-14-11-19-43(47)37-17-9-6-10-18-37)42-26-25-39-33-38(23-24-40(39)34-42)36-15-7-5-8-16-36/h5-30,33-35H,31-32H2,1-4H3. The van der Waals surface area contributed by atoms with Gasteiger partial charge in [0.15, 0.2) is 17.5 Å². The summed E-state index contributed by atoms with van der Waals surface area (Å²) in [6, 6.07) is 63.0. The quantitative estimate of drug-likeness (QED) is 0.170. The largest absolute Gasteiger partial charge is 0.208 e. The molecule has 0 unspecified atom stereocenters. The van der Waals surface area contributed by atoms with Gasteiger partial charge in [-0.2, -0.15) is 0 Å². The first-order valence-corrected chi connectivity index (χ1v) is 20.4. The van der Waals surface area contributed by atoms with Gasteiger partial charge in [0.05, 0.1) is 0 Å². The average molecular weight is 748 g/mol. The normalized spacial score (nSPS) is 14.3. The van der Waals surface area contributed by atoms with Crippen LogP contribution in [0.25, 0.3) is 89.1 Å². The molecule has 0 amide bonds. The predicted octanol–water partition coefficient (Wildman–Crippen LogP) is 14.5. The molecule has 8 aromatic carbocycles. The van der Waals surface area contributed by atoms with E-state index < -0.39 is 0 Å². The van der Waals surface area contributed by atoms with E-state index in [4.69, 9.17) is 15.0 Å². The van der Waals surface area contributed by atoms with Gasteiger partial charge in [-0.25, -0.2) is 15.0 Å². The highest BCUT2D eigenvalue weighted by Crippen LogP contribution is 2.47. The highest BCUT2D eigenvalue weighted by molar-refractivity contribution is 6.04. The van der Waals surface area contributed by atoms with Gasteiger partial charge in [0.2, 0.25) is 0 Å². The molecule has 280 valence electrons. The van der Waals surface area contributed by atoms with E-state index >= 15 is 0 Å². The van der Waals surface area contributed by atoms with Crippen molar-refractivity contribution < 1.29 is 0 Å². The molecule has 0 radical (unpaired) electrons. The first-order chi connectivity index (χ1) is 28.2. The minimum Gasteiger partial charge on any atom is -0.208 e. The Bertz CT molecular complexity index is 3000. The number of benzene rings is 8. The molecule has 1 aliphatic rings. The maximum atomic E-state index is 5.32. The minimum atomic E-state index is 0.122. The van der Waals surface area contributed by atoms with Gasteiger partial charge in [-0.05, 0) is 108 Å². The fourth-order valence-corrected chi connectivity index (χ4v) is 8.99. The van der Waals surface area contributed by atoms with E-state index in [1.165, 1.54) is 57.0 Å². The highest BCUT2D eigenvalue weighted by atomic mass is 15.0. The van der Waals surface area contributed by atoms with Gasteiger partial charge >= 0.3 is 0 Å². The summed E-state index contributed by atoms with van der Waals surface area (Å²) >= 11 is 0. The van der Waals surface area contributed by atoms with Crippen molar-refractivity contribution in [2.75, 3.05) is 0 Å². The van der Waals surface area contributed by atoms with Crippen molar-refractivity contribution in [1.29, 1.82) is 0 Å². The van der Waals surface area contributed by atoms with Crippen molar-refractivity contribution in [1.82, 2.24) is 15.0 Å². The van der Waals surface area contributed by atoms with Crippen LogP contribution in [0, 0.1) is 0 Å². The van der Waals surface area contributed by atoms with Crippen LogP contribution in [-0.2, 0) is 10.8 Å². The van der Waals surface area contributed by atoms with Gasteiger partial charge < -0.3 is 0 Å². The molecule has 3 heteroatoms. The fourth-order valence-electron chi connectivity index (χ4n) is 8.99. The van der Waals surface area contributed by atoms with Crippen LogP contribution in [0.5, 0.6) is 0 Å². The average Bonchev–Trinajstić information content (AvgIpc) is 3.27. The number of rotatable bonds is 6. The van der Waals surface area contributed by atoms with Crippen LogP contribution in [-0.4, -0.2) is 15.0 Å². The van der Waals surface area contributed by atoms with E-state index in [0.717, 1.165) is 38.6 Å². The van der Waals surface area contributed by atoms with Crippen molar-refractivity contribution in [2.45, 2.75) is 51.4 Å². The molecule has 10 rings (SSSR count). The molecule has 0 saturated carbocycles. The second-order valence-corrected chi connectivity index (χ2v) is 17.1. The second kappa shape index (κ2) is 14.0. The van der Waals surface area contributed by atoms with Crippen LogP contribution in [0.2, 0.25) is 0 Å². The van der Waals surface area contributed by atoms with Crippen molar-refractivity contribution in [3.63, 3.8) is 0 Å². The maximum absolute atomic E-state index is 5.32. The first kappa shape index (κ1) is 35.7. The van der Waals surface area contributed by atoms with E-state index in [9.17, 15) is 0 Å². The molecular formula is C55H45N3. The third-order valence-electron chi connectivity index (χ3n) is 12.4. The minimum absolute atomic E-state index is 0.122. The second-order valence-electron chi connectivity index (χ2n) is 17.1. The fraction of sp³-hybridized carbons (Fsp3) is 0.145. The van der Waals surface area contributed by atoms with E-state index in [-0.39, 0.29) is 10.8 Å². The van der Waals surface area contributed by atoms with Crippen molar-refractivity contribution in [3.05, 3.63) is 187 Å². The topological polar surface area (TPSA) is 38.7 Å². The van der Waals surface area contributed by atoms with Crippen molar-refractivity contribution in [3.8, 4) is 67.5 Å². The summed E-state index contributed by atoms with van der Waals surface area (Å²) in [6.45, 7) is 9.57. The molecule has 0 fully saturated rings. The van der Waals surface area contributed by atoms with Gasteiger partial charge in [-0.1, -0.05) is 185 Å². The summed E-state index contributed by atoms with van der Waals surface area (Å²) in [5.41, 5.74) is 13.2. The molecule has 0 saturated heterocycles. The molecule has 0 bridgehead atoms. The Hall–Kier alpha value is -6.71. The van der Waals surface area contributed by atoms with E-state index in [1.54, 1.807) is 0 Å². The predicted molar refractivity (Wildman–Crippen MR) is 243 cm³/mol. The number of aromatic nitrogens is 3. The Morgan fingerprint density at radius 1 is 0.328 bits per heavy atom. The van der Waals surface area contributed by atoms with Crippen LogP contribution < -0.4 is 0 Å². The number of hydrogen-bond donors (Lipinski definition) is 0. The van der Waals surface area contributed by atoms with Crippen molar-refractivity contribution >= 4 is 21.5 Å². The Morgan fingerprint density at radius 3 is 1.53 bits per heavy atom. The molecule has 0 aliphatic heterocycles. The zero-order valence-electron chi connectivity index (χ0n) is 33.5. The molecule has 0 spiro atoms. The van der Waals surface area contributed by atoms with Gasteiger partial charge in [0.1, 0.15) is 0 Å². The van der Waals surface area contributed by atoms with E-state index in [1.807, 2.05) is 6.07 Å². The van der Waals surface area contributed by atoms with Gasteiger partial charge in [0.25, 0.3) is 0 Å². The van der Waals surface area contributed by atoms with Crippen LogP contribution in [0.1, 0.15) is 51.7 Å². The van der Waals surface area contributed by atoms with E-state index in [2.05, 4.69) is 198 Å². The molecular weight excluding hydrogens is 703 g/mol. The lowest BCUT2D eigenvalue weighted by Crippen LogP contribution is -2.33. The number of hydrogen-bond acceptors (Lipinski definition) is 3. The molecule has 9 aromatic rings. The lowest BCUT2D eigenvalue weighted by molar-refractivity contribution is 0.332. The smallest absolute Gasteiger partial charge is 0.164 e. The maximum Gasteiger partial charge on any atom is 0.164 e. The summed E-state index contributed by atoms with van der Waals surface area (Å²) in [7, 11) is 0. The van der Waals surface area contributed by atoms with Crippen LogP contribution in [0.3, 0.4) is 0 Å². The van der Waals surface area contributed by atoms with Gasteiger partial charge in [0, 0.05) is 16.7 Å². The monoisotopic (exact) mass is 747 g/mol. The molecule has 3 nitrogen and oxygen atoms in total. The van der Waals surface area contributed by atoms with Crippen LogP contribution >= 0.6 is 0 Å². The molecule has 58 heavy (non-hydrogen) atoms. The Labute approximate surface area is 341 Å².